The van der Waals surface area contributed by atoms with Crippen molar-refractivity contribution in [3.8, 4) is 0 Å². The molecule has 0 bridgehead atoms. The highest BCUT2D eigenvalue weighted by Crippen LogP contribution is 2.25. The topological polar surface area (TPSA) is 79.7 Å². The van der Waals surface area contributed by atoms with Crippen molar-refractivity contribution in [2.45, 2.75) is 5.03 Å². The number of fused-ring (bicyclic) bond motifs is 1. The maximum absolute atomic E-state index is 13.0. The first-order valence-corrected chi connectivity index (χ1v) is 11.6. The first-order valence-electron chi connectivity index (χ1n) is 8.13. The van der Waals surface area contributed by atoms with Crippen LogP contribution < -0.4 is 0 Å². The summed E-state index contributed by atoms with van der Waals surface area (Å²) in [6, 6.07) is 9.29. The van der Waals surface area contributed by atoms with Crippen molar-refractivity contribution in [1.82, 2.24) is 13.8 Å². The van der Waals surface area contributed by atoms with Gasteiger partial charge in [-0.2, -0.15) is 4.31 Å². The maximum atomic E-state index is 13.0. The number of hydrogen-bond acceptors (Lipinski definition) is 5. The van der Waals surface area contributed by atoms with Crippen LogP contribution in [0.4, 0.5) is 0 Å². The van der Waals surface area contributed by atoms with Crippen molar-refractivity contribution < 1.29 is 16.8 Å². The van der Waals surface area contributed by atoms with Crippen molar-refractivity contribution in [3.05, 3.63) is 30.3 Å². The quantitative estimate of drug-likeness (QED) is 0.750. The number of aromatic nitrogens is 1. The smallest absolute Gasteiger partial charge is 0.258 e. The van der Waals surface area contributed by atoms with Crippen molar-refractivity contribution >= 4 is 30.8 Å². The molecule has 1 aliphatic rings. The third-order valence-corrected chi connectivity index (χ3v) is 7.51. The van der Waals surface area contributed by atoms with E-state index in [1.807, 2.05) is 29.2 Å². The van der Waals surface area contributed by atoms with Gasteiger partial charge in [0.05, 0.1) is 5.75 Å². The molecule has 0 radical (unpaired) electrons. The number of aryl methyl sites for hydroxylation is 1. The molecule has 0 aliphatic carbocycles. The fourth-order valence-corrected chi connectivity index (χ4v) is 5.35. The van der Waals surface area contributed by atoms with Crippen molar-refractivity contribution in [2.24, 2.45) is 7.05 Å². The number of piperazine rings is 1. The van der Waals surface area contributed by atoms with Gasteiger partial charge in [-0.3, -0.25) is 4.90 Å². The number of sulfone groups is 1. The fraction of sp³-hybridized carbons (Fsp3) is 0.500. The molecule has 2 aromatic rings. The van der Waals surface area contributed by atoms with E-state index >= 15 is 0 Å². The highest BCUT2D eigenvalue weighted by molar-refractivity contribution is 7.90. The summed E-state index contributed by atoms with van der Waals surface area (Å²) in [7, 11) is -4.81. The number of sulfonamides is 1. The third-order valence-electron chi connectivity index (χ3n) is 4.62. The van der Waals surface area contributed by atoms with Crippen LogP contribution in [0.25, 0.3) is 10.9 Å². The van der Waals surface area contributed by atoms with Crippen LogP contribution in [0.1, 0.15) is 0 Å². The average molecular weight is 386 g/mol. The SMILES string of the molecule is Cn1c(S(=O)(=O)N2CCN(CCS(C)(=O)=O)CC2)cc2ccccc21. The predicted molar refractivity (Wildman–Crippen MR) is 97.8 cm³/mol. The van der Waals surface area contributed by atoms with Crippen molar-refractivity contribution in [1.29, 1.82) is 0 Å². The number of benzene rings is 1. The van der Waals surface area contributed by atoms with Crippen LogP contribution in [0, 0.1) is 0 Å². The first kappa shape index (κ1) is 18.4. The molecule has 2 heterocycles. The van der Waals surface area contributed by atoms with Gasteiger partial charge in [-0.1, -0.05) is 18.2 Å². The van der Waals surface area contributed by atoms with Gasteiger partial charge in [0.2, 0.25) is 0 Å². The number of rotatable bonds is 5. The summed E-state index contributed by atoms with van der Waals surface area (Å²) in [6.45, 7) is 2.26. The standard InChI is InChI=1S/C16H23N3O4S2/c1-17-15-6-4-3-5-14(15)13-16(17)25(22,23)19-9-7-18(8-10-19)11-12-24(2,20)21/h3-6,13H,7-12H2,1-2H3. The molecule has 138 valence electrons. The van der Waals surface area contributed by atoms with Gasteiger partial charge in [0, 0.05) is 56.9 Å². The molecule has 25 heavy (non-hydrogen) atoms. The van der Waals surface area contributed by atoms with Crippen LogP contribution in [-0.2, 0) is 26.9 Å². The largest absolute Gasteiger partial charge is 0.334 e. The van der Waals surface area contributed by atoms with Gasteiger partial charge in [-0.05, 0) is 12.1 Å². The molecular formula is C16H23N3O4S2. The summed E-state index contributed by atoms with van der Waals surface area (Å²) in [5.74, 6) is 0.100. The Balaban J connectivity index is 1.74. The lowest BCUT2D eigenvalue weighted by Gasteiger charge is -2.33. The second-order valence-electron chi connectivity index (χ2n) is 6.48. The Morgan fingerprint density at radius 2 is 1.64 bits per heavy atom. The number of nitrogens with zero attached hydrogens (tertiary/aromatic N) is 3. The lowest BCUT2D eigenvalue weighted by Crippen LogP contribution is -2.49. The zero-order valence-electron chi connectivity index (χ0n) is 14.4. The minimum absolute atomic E-state index is 0.100. The zero-order valence-corrected chi connectivity index (χ0v) is 16.1. The molecule has 1 aliphatic heterocycles. The van der Waals surface area contributed by atoms with Crippen LogP contribution in [0.3, 0.4) is 0 Å². The number of hydrogen-bond donors (Lipinski definition) is 0. The normalized spacial score (nSPS) is 18.0. The van der Waals surface area contributed by atoms with E-state index in [9.17, 15) is 16.8 Å². The molecule has 0 amide bonds. The Morgan fingerprint density at radius 1 is 1.00 bits per heavy atom. The van der Waals surface area contributed by atoms with Crippen molar-refractivity contribution in [2.75, 3.05) is 44.7 Å². The van der Waals surface area contributed by atoms with Crippen LogP contribution in [0.15, 0.2) is 35.4 Å². The minimum Gasteiger partial charge on any atom is -0.334 e. The van der Waals surface area contributed by atoms with Gasteiger partial charge < -0.3 is 4.57 Å². The van der Waals surface area contributed by atoms with E-state index in [0.29, 0.717) is 37.7 Å². The van der Waals surface area contributed by atoms with E-state index in [0.717, 1.165) is 10.9 Å². The van der Waals surface area contributed by atoms with Gasteiger partial charge in [-0.25, -0.2) is 16.8 Å². The van der Waals surface area contributed by atoms with Crippen LogP contribution in [0.2, 0.25) is 0 Å². The first-order chi connectivity index (χ1) is 11.7. The minimum atomic E-state index is -3.57. The Morgan fingerprint density at radius 3 is 2.24 bits per heavy atom. The fourth-order valence-electron chi connectivity index (χ4n) is 3.13. The van der Waals surface area contributed by atoms with E-state index in [1.54, 1.807) is 17.7 Å². The third kappa shape index (κ3) is 3.89. The van der Waals surface area contributed by atoms with E-state index in [2.05, 4.69) is 0 Å². The zero-order chi connectivity index (χ0) is 18.2. The molecule has 1 aromatic heterocycles. The molecule has 7 nitrogen and oxygen atoms in total. The monoisotopic (exact) mass is 385 g/mol. The molecule has 1 fully saturated rings. The molecule has 3 rings (SSSR count). The summed E-state index contributed by atoms with van der Waals surface area (Å²) < 4.78 is 51.7. The van der Waals surface area contributed by atoms with E-state index in [-0.39, 0.29) is 5.75 Å². The summed E-state index contributed by atoms with van der Waals surface area (Å²) in [6.07, 6.45) is 1.22. The van der Waals surface area contributed by atoms with Gasteiger partial charge in [-0.15, -0.1) is 0 Å². The Labute approximate surface area is 148 Å². The van der Waals surface area contributed by atoms with E-state index in [1.165, 1.54) is 10.6 Å². The molecule has 0 unspecified atom stereocenters. The molecule has 0 spiro atoms. The molecular weight excluding hydrogens is 362 g/mol. The van der Waals surface area contributed by atoms with Crippen LogP contribution in [-0.4, -0.2) is 75.3 Å². The second-order valence-corrected chi connectivity index (χ2v) is 10.6. The van der Waals surface area contributed by atoms with Crippen LogP contribution >= 0.6 is 0 Å². The molecule has 1 saturated heterocycles. The lowest BCUT2D eigenvalue weighted by molar-refractivity contribution is 0.196. The highest BCUT2D eigenvalue weighted by Gasteiger charge is 2.31. The molecule has 0 N–H and O–H groups in total. The Kier molecular flexibility index (Phi) is 4.93. The Bertz CT molecular complexity index is 972. The van der Waals surface area contributed by atoms with Gasteiger partial charge >= 0.3 is 0 Å². The average Bonchev–Trinajstić information content (AvgIpc) is 2.91. The summed E-state index contributed by atoms with van der Waals surface area (Å²) >= 11 is 0. The second kappa shape index (κ2) is 6.71. The van der Waals surface area contributed by atoms with Gasteiger partial charge in [0.15, 0.2) is 5.03 Å². The van der Waals surface area contributed by atoms with Crippen molar-refractivity contribution in [3.63, 3.8) is 0 Å². The van der Waals surface area contributed by atoms with Crippen LogP contribution in [0.5, 0.6) is 0 Å². The molecule has 0 saturated carbocycles. The maximum Gasteiger partial charge on any atom is 0.258 e. The molecule has 1 aromatic carbocycles. The number of para-hydroxylation sites is 1. The summed E-state index contributed by atoms with van der Waals surface area (Å²) in [4.78, 5) is 1.99. The van der Waals surface area contributed by atoms with Gasteiger partial charge in [0.25, 0.3) is 10.0 Å². The highest BCUT2D eigenvalue weighted by atomic mass is 32.2. The summed E-state index contributed by atoms with van der Waals surface area (Å²) in [5, 5.41) is 1.19. The van der Waals surface area contributed by atoms with E-state index in [4.69, 9.17) is 0 Å². The van der Waals surface area contributed by atoms with E-state index < -0.39 is 19.9 Å². The lowest BCUT2D eigenvalue weighted by atomic mass is 10.2. The van der Waals surface area contributed by atoms with Gasteiger partial charge in [0.1, 0.15) is 9.84 Å². The molecule has 9 heteroatoms. The Hall–Kier alpha value is -1.42. The molecule has 0 atom stereocenters. The predicted octanol–water partition coefficient (Wildman–Crippen LogP) is 0.529. The summed E-state index contributed by atoms with van der Waals surface area (Å²) in [5.41, 5.74) is 0.882.